The number of halogens is 2. The molecule has 8 heteroatoms. The lowest BCUT2D eigenvalue weighted by atomic mass is 10.2. The third kappa shape index (κ3) is 4.15. The highest BCUT2D eigenvalue weighted by molar-refractivity contribution is 8.04. The number of hydrogen-bond donors (Lipinski definition) is 1. The van der Waals surface area contributed by atoms with E-state index in [1.54, 1.807) is 0 Å². The van der Waals surface area contributed by atoms with E-state index in [1.807, 2.05) is 55.5 Å². The first-order valence-electron chi connectivity index (χ1n) is 7.18. The van der Waals surface area contributed by atoms with Gasteiger partial charge < -0.3 is 5.32 Å². The molecular formula is C17H12Cl2N2O2S2. The summed E-state index contributed by atoms with van der Waals surface area (Å²) >= 11 is 14.5. The van der Waals surface area contributed by atoms with Gasteiger partial charge in [-0.1, -0.05) is 76.6 Å². The molecule has 2 aromatic rings. The van der Waals surface area contributed by atoms with Gasteiger partial charge in [0.05, 0.1) is 10.6 Å². The molecule has 0 aliphatic carbocycles. The first kappa shape index (κ1) is 18.2. The summed E-state index contributed by atoms with van der Waals surface area (Å²) in [6, 6.07) is 15.1. The van der Waals surface area contributed by atoms with Crippen LogP contribution in [0.25, 0.3) is 0 Å². The van der Waals surface area contributed by atoms with Crippen LogP contribution >= 0.6 is 46.7 Å². The predicted octanol–water partition coefficient (Wildman–Crippen LogP) is 6.40. The minimum absolute atomic E-state index is 0.133. The second-order valence-corrected chi connectivity index (χ2v) is 8.25. The molecule has 1 N–H and O–H groups in total. The zero-order valence-electron chi connectivity index (χ0n) is 13.0. The van der Waals surface area contributed by atoms with Gasteiger partial charge in [-0.2, -0.15) is 0 Å². The van der Waals surface area contributed by atoms with Crippen LogP contribution in [0.15, 0.2) is 78.4 Å². The molecule has 25 heavy (non-hydrogen) atoms. The van der Waals surface area contributed by atoms with Crippen molar-refractivity contribution in [2.45, 2.75) is 16.7 Å². The third-order valence-electron chi connectivity index (χ3n) is 3.37. The number of rotatable bonds is 4. The second-order valence-electron chi connectivity index (χ2n) is 5.16. The van der Waals surface area contributed by atoms with Crippen molar-refractivity contribution in [2.75, 3.05) is 5.32 Å². The number of anilines is 1. The van der Waals surface area contributed by atoms with Gasteiger partial charge in [0.15, 0.2) is 5.03 Å². The molecule has 1 aliphatic rings. The summed E-state index contributed by atoms with van der Waals surface area (Å²) in [5.41, 5.74) is 1.79. The fourth-order valence-electron chi connectivity index (χ4n) is 2.19. The molecule has 4 nitrogen and oxygen atoms in total. The van der Waals surface area contributed by atoms with Gasteiger partial charge in [0.25, 0.3) is 0 Å². The SMILES string of the molecule is Cc1ccc(SC(=C(Cl)Cl)/C(=C2/Nc3ccccc3S2)[N+](=O)[O-])cc1. The van der Waals surface area contributed by atoms with Crippen molar-refractivity contribution in [3.63, 3.8) is 0 Å². The average molecular weight is 411 g/mol. The maximum Gasteiger partial charge on any atom is 0.315 e. The Hall–Kier alpha value is -1.60. The number of aryl methyl sites for hydroxylation is 1. The number of nitrogens with zero attached hydrogens (tertiary/aromatic N) is 1. The second kappa shape index (κ2) is 7.74. The molecule has 0 fully saturated rings. The minimum atomic E-state index is -0.456. The smallest absolute Gasteiger partial charge is 0.315 e. The van der Waals surface area contributed by atoms with Crippen molar-refractivity contribution < 1.29 is 4.92 Å². The maximum atomic E-state index is 11.8. The molecule has 128 valence electrons. The molecule has 0 spiro atoms. The van der Waals surface area contributed by atoms with E-state index < -0.39 is 4.92 Å². The molecule has 3 rings (SSSR count). The van der Waals surface area contributed by atoms with Crippen LogP contribution < -0.4 is 5.32 Å². The summed E-state index contributed by atoms with van der Waals surface area (Å²) in [5.74, 6) is 0. The third-order valence-corrected chi connectivity index (χ3v) is 6.16. The molecule has 2 aromatic carbocycles. The fraction of sp³-hybridized carbons (Fsp3) is 0.0588. The van der Waals surface area contributed by atoms with Crippen molar-refractivity contribution in [1.29, 1.82) is 0 Å². The molecule has 0 saturated carbocycles. The first-order valence-corrected chi connectivity index (χ1v) is 9.57. The number of thioether (sulfide) groups is 2. The highest BCUT2D eigenvalue weighted by Gasteiger charge is 2.31. The molecule has 0 radical (unpaired) electrons. The summed E-state index contributed by atoms with van der Waals surface area (Å²) < 4.78 is -0.136. The molecule has 0 atom stereocenters. The highest BCUT2D eigenvalue weighted by Crippen LogP contribution is 2.46. The Kier molecular flexibility index (Phi) is 5.64. The van der Waals surface area contributed by atoms with Crippen LogP contribution in [-0.2, 0) is 0 Å². The Morgan fingerprint density at radius 2 is 1.84 bits per heavy atom. The standard InChI is InChI=1S/C17H12Cl2N2O2S2/c1-10-6-8-11(9-7-10)24-15(16(18)19)14(21(22)23)17-20-12-4-2-3-5-13(12)25-17/h2-9,20H,1H3/b17-14+. The normalized spacial score (nSPS) is 14.5. The van der Waals surface area contributed by atoms with E-state index in [2.05, 4.69) is 5.32 Å². The number of nitro groups is 1. The van der Waals surface area contributed by atoms with Gasteiger partial charge in [-0.3, -0.25) is 10.1 Å². The largest absolute Gasteiger partial charge is 0.343 e. The van der Waals surface area contributed by atoms with Crippen molar-refractivity contribution in [3.8, 4) is 0 Å². The van der Waals surface area contributed by atoms with Crippen LogP contribution in [0.4, 0.5) is 5.69 Å². The zero-order chi connectivity index (χ0) is 18.0. The van der Waals surface area contributed by atoms with Gasteiger partial charge >= 0.3 is 5.70 Å². The monoisotopic (exact) mass is 410 g/mol. The number of benzene rings is 2. The number of hydrogen-bond acceptors (Lipinski definition) is 5. The van der Waals surface area contributed by atoms with Crippen molar-refractivity contribution in [1.82, 2.24) is 0 Å². The van der Waals surface area contributed by atoms with Crippen molar-refractivity contribution >= 4 is 52.4 Å². The van der Waals surface area contributed by atoms with E-state index in [-0.39, 0.29) is 15.1 Å². The van der Waals surface area contributed by atoms with Gasteiger partial charge in [0.2, 0.25) is 0 Å². The van der Waals surface area contributed by atoms with Crippen LogP contribution in [0.3, 0.4) is 0 Å². The Labute approximate surface area is 163 Å². The number of para-hydroxylation sites is 1. The van der Waals surface area contributed by atoms with Crippen molar-refractivity contribution in [3.05, 3.63) is 84.3 Å². The number of fused-ring (bicyclic) bond motifs is 1. The van der Waals surface area contributed by atoms with E-state index in [0.29, 0.717) is 5.03 Å². The molecule has 0 amide bonds. The Balaban J connectivity index is 2.01. The number of nitrogens with one attached hydrogen (secondary N) is 1. The fourth-order valence-corrected chi connectivity index (χ4v) is 4.56. The minimum Gasteiger partial charge on any atom is -0.343 e. The molecule has 0 bridgehead atoms. The lowest BCUT2D eigenvalue weighted by Gasteiger charge is -2.08. The Morgan fingerprint density at radius 3 is 2.44 bits per heavy atom. The van der Waals surface area contributed by atoms with Gasteiger partial charge in [0, 0.05) is 9.79 Å². The highest BCUT2D eigenvalue weighted by atomic mass is 35.5. The van der Waals surface area contributed by atoms with E-state index >= 15 is 0 Å². The van der Waals surface area contributed by atoms with E-state index in [0.717, 1.165) is 21.0 Å². The van der Waals surface area contributed by atoms with Crippen molar-refractivity contribution in [2.24, 2.45) is 0 Å². The van der Waals surface area contributed by atoms with Crippen LogP contribution in [0, 0.1) is 17.0 Å². The Bertz CT molecular complexity index is 865. The lowest BCUT2D eigenvalue weighted by Crippen LogP contribution is -2.07. The van der Waals surface area contributed by atoms with Crippen LogP contribution in [0.5, 0.6) is 0 Å². The van der Waals surface area contributed by atoms with Gasteiger partial charge in [-0.05, 0) is 31.2 Å². The van der Waals surface area contributed by atoms with E-state index in [4.69, 9.17) is 23.2 Å². The lowest BCUT2D eigenvalue weighted by molar-refractivity contribution is -0.420. The summed E-state index contributed by atoms with van der Waals surface area (Å²) in [6.07, 6.45) is 0. The molecular weight excluding hydrogens is 399 g/mol. The Morgan fingerprint density at radius 1 is 1.16 bits per heavy atom. The van der Waals surface area contributed by atoms with Gasteiger partial charge in [-0.15, -0.1) is 0 Å². The predicted molar refractivity (Wildman–Crippen MR) is 106 cm³/mol. The van der Waals surface area contributed by atoms with Crippen LogP contribution in [-0.4, -0.2) is 4.92 Å². The molecule has 1 aliphatic heterocycles. The first-order chi connectivity index (χ1) is 12.0. The van der Waals surface area contributed by atoms with Crippen LogP contribution in [0.1, 0.15) is 5.56 Å². The van der Waals surface area contributed by atoms with E-state index in [1.165, 1.54) is 23.5 Å². The molecule has 0 saturated heterocycles. The zero-order valence-corrected chi connectivity index (χ0v) is 16.1. The molecule has 1 heterocycles. The summed E-state index contributed by atoms with van der Waals surface area (Å²) in [5, 5.41) is 15.2. The van der Waals surface area contributed by atoms with Gasteiger partial charge in [0.1, 0.15) is 9.40 Å². The molecule has 0 aromatic heterocycles. The average Bonchev–Trinajstić information content (AvgIpc) is 2.99. The van der Waals surface area contributed by atoms with Crippen LogP contribution in [0.2, 0.25) is 0 Å². The van der Waals surface area contributed by atoms with E-state index in [9.17, 15) is 10.1 Å². The quantitative estimate of drug-likeness (QED) is 0.359. The summed E-state index contributed by atoms with van der Waals surface area (Å²) in [6.45, 7) is 1.97. The summed E-state index contributed by atoms with van der Waals surface area (Å²) in [7, 11) is 0. The molecule has 0 unspecified atom stereocenters. The van der Waals surface area contributed by atoms with Gasteiger partial charge in [-0.25, -0.2) is 0 Å². The summed E-state index contributed by atoms with van der Waals surface area (Å²) in [4.78, 5) is 13.2. The maximum absolute atomic E-state index is 11.8. The topological polar surface area (TPSA) is 55.2 Å².